The van der Waals surface area contributed by atoms with E-state index in [2.05, 4.69) is 61.4 Å². The minimum atomic E-state index is -1.53. The summed E-state index contributed by atoms with van der Waals surface area (Å²) in [4.78, 5) is 38.4. The number of nitrogens with one attached hydrogen (secondary N) is 2. The van der Waals surface area contributed by atoms with Crippen LogP contribution in [0, 0.1) is 17.4 Å². The van der Waals surface area contributed by atoms with Gasteiger partial charge in [-0.25, -0.2) is 4.98 Å². The second-order valence-corrected chi connectivity index (χ2v) is 13.5. The Bertz CT molecular complexity index is 1150. The number of rotatable bonds is 5. The van der Waals surface area contributed by atoms with Gasteiger partial charge in [-0.3, -0.25) is 24.5 Å². The Morgan fingerprint density at radius 3 is 2.90 bits per heavy atom. The summed E-state index contributed by atoms with van der Waals surface area (Å²) in [5.74, 6) is 2.67. The lowest BCUT2D eigenvalue weighted by Gasteiger charge is -2.14. The molecule has 1 fully saturated rings. The van der Waals surface area contributed by atoms with Gasteiger partial charge in [0.25, 0.3) is 5.56 Å². The predicted molar refractivity (Wildman–Crippen MR) is 119 cm³/mol. The lowest BCUT2D eigenvalue weighted by atomic mass is 10.1. The molecule has 3 heterocycles. The number of imidazole rings is 1. The van der Waals surface area contributed by atoms with Crippen LogP contribution in [0.15, 0.2) is 16.2 Å². The van der Waals surface area contributed by atoms with Crippen molar-refractivity contribution in [3.05, 3.63) is 27.1 Å². The maximum Gasteiger partial charge on any atom is 0.280 e. The van der Waals surface area contributed by atoms with Gasteiger partial charge in [0, 0.05) is 23.7 Å². The third-order valence-electron chi connectivity index (χ3n) is 4.68. The molecule has 0 saturated carbocycles. The van der Waals surface area contributed by atoms with Crippen LogP contribution in [0.2, 0.25) is 19.6 Å². The van der Waals surface area contributed by atoms with E-state index in [1.54, 1.807) is 18.4 Å². The molecular weight excluding hydrogens is 416 g/mol. The number of H-pyrrole nitrogens is 1. The van der Waals surface area contributed by atoms with Crippen molar-refractivity contribution in [3.8, 4) is 11.5 Å². The van der Waals surface area contributed by atoms with Crippen molar-refractivity contribution in [2.24, 2.45) is 11.0 Å². The Morgan fingerprint density at radius 1 is 1.52 bits per heavy atom. The number of hydrogen-bond acceptors (Lipinski definition) is 6. The quantitative estimate of drug-likeness (QED) is 0.240. The standard InChI is InChI=1S/C19H26N8O3Si/c1-11(2)17(28)23-19-22-16-15(18(29)24-19)21-10-27(16)14-9-12(25-26-20)13(30-14)7-6-8-31(3,4)5/h10-14H,7,9H2,1-5H3,(H2,22,23,24,28,29)/t12-,13+,14+/m0/s1. The first kappa shape index (κ1) is 22.5. The highest BCUT2D eigenvalue weighted by Crippen LogP contribution is 2.33. The molecule has 1 amide bonds. The van der Waals surface area contributed by atoms with Crippen LogP contribution in [-0.2, 0) is 9.53 Å². The smallest absolute Gasteiger partial charge is 0.280 e. The van der Waals surface area contributed by atoms with Gasteiger partial charge in [0.1, 0.15) is 14.3 Å². The van der Waals surface area contributed by atoms with Gasteiger partial charge in [-0.05, 0) is 5.53 Å². The van der Waals surface area contributed by atoms with Crippen molar-refractivity contribution < 1.29 is 9.53 Å². The number of aromatic nitrogens is 4. The summed E-state index contributed by atoms with van der Waals surface area (Å²) in [7, 11) is -1.53. The number of ether oxygens (including phenoxy) is 1. The molecule has 0 spiro atoms. The number of carbonyl (C=O) groups is 1. The zero-order valence-electron chi connectivity index (χ0n) is 18.2. The summed E-state index contributed by atoms with van der Waals surface area (Å²) in [6.45, 7) is 9.94. The van der Waals surface area contributed by atoms with Crippen LogP contribution >= 0.6 is 0 Å². The molecule has 3 rings (SSSR count). The monoisotopic (exact) mass is 442 g/mol. The Balaban J connectivity index is 1.90. The molecule has 31 heavy (non-hydrogen) atoms. The van der Waals surface area contributed by atoms with E-state index in [1.807, 2.05) is 0 Å². The highest BCUT2D eigenvalue weighted by Gasteiger charge is 2.36. The molecule has 0 unspecified atom stereocenters. The van der Waals surface area contributed by atoms with Crippen LogP contribution in [0.5, 0.6) is 0 Å². The van der Waals surface area contributed by atoms with Gasteiger partial charge in [0.15, 0.2) is 11.2 Å². The summed E-state index contributed by atoms with van der Waals surface area (Å²) in [5.41, 5.74) is 12.2. The zero-order valence-corrected chi connectivity index (χ0v) is 19.2. The second-order valence-electron chi connectivity index (χ2n) is 8.78. The van der Waals surface area contributed by atoms with Crippen molar-refractivity contribution in [1.29, 1.82) is 0 Å². The van der Waals surface area contributed by atoms with E-state index in [1.165, 1.54) is 6.33 Å². The lowest BCUT2D eigenvalue weighted by molar-refractivity contribution is -0.118. The molecule has 1 aliphatic rings. The summed E-state index contributed by atoms with van der Waals surface area (Å²) in [6, 6.07) is -0.398. The van der Waals surface area contributed by atoms with E-state index < -0.39 is 25.9 Å². The van der Waals surface area contributed by atoms with Crippen LogP contribution in [0.25, 0.3) is 21.6 Å². The van der Waals surface area contributed by atoms with Gasteiger partial charge in [-0.15, -0.1) is 11.5 Å². The summed E-state index contributed by atoms with van der Waals surface area (Å²) in [5, 5.41) is 6.47. The number of azide groups is 1. The minimum Gasteiger partial charge on any atom is -0.353 e. The number of carbonyl (C=O) groups excluding carboxylic acids is 1. The van der Waals surface area contributed by atoms with E-state index in [4.69, 9.17) is 10.3 Å². The molecule has 2 aromatic heterocycles. The fourth-order valence-corrected chi connectivity index (χ4v) is 3.76. The van der Waals surface area contributed by atoms with Gasteiger partial charge >= 0.3 is 0 Å². The third-order valence-corrected chi connectivity index (χ3v) is 5.61. The Morgan fingerprint density at radius 2 is 2.26 bits per heavy atom. The Hall–Kier alpha value is -3.13. The van der Waals surface area contributed by atoms with Gasteiger partial charge in [-0.2, -0.15) is 4.98 Å². The molecule has 11 nitrogen and oxygen atoms in total. The molecule has 0 aromatic carbocycles. The molecule has 2 aromatic rings. The number of amides is 1. The molecule has 2 N–H and O–H groups in total. The maximum atomic E-state index is 12.4. The van der Waals surface area contributed by atoms with Gasteiger partial charge < -0.3 is 4.74 Å². The largest absolute Gasteiger partial charge is 0.353 e. The fraction of sp³-hybridized carbons (Fsp3) is 0.579. The molecular formula is C19H26N8O3Si. The fourth-order valence-electron chi connectivity index (χ4n) is 3.13. The van der Waals surface area contributed by atoms with Gasteiger partial charge in [0.05, 0.1) is 18.5 Å². The van der Waals surface area contributed by atoms with Crippen LogP contribution in [0.1, 0.15) is 32.9 Å². The first-order chi connectivity index (χ1) is 14.6. The molecule has 1 aliphatic heterocycles. The number of hydrogen-bond donors (Lipinski definition) is 2. The molecule has 164 valence electrons. The third kappa shape index (κ3) is 5.32. The first-order valence-corrected chi connectivity index (χ1v) is 13.6. The summed E-state index contributed by atoms with van der Waals surface area (Å²) >= 11 is 0. The summed E-state index contributed by atoms with van der Waals surface area (Å²) < 4.78 is 7.75. The van der Waals surface area contributed by atoms with Crippen molar-refractivity contribution in [2.45, 2.75) is 64.7 Å². The highest BCUT2D eigenvalue weighted by molar-refractivity contribution is 6.83. The average molecular weight is 443 g/mol. The van der Waals surface area contributed by atoms with Crippen LogP contribution in [0.4, 0.5) is 5.95 Å². The van der Waals surface area contributed by atoms with Crippen molar-refractivity contribution in [2.75, 3.05) is 5.32 Å². The Labute approximate surface area is 180 Å². The van der Waals surface area contributed by atoms with Crippen molar-refractivity contribution in [1.82, 2.24) is 19.5 Å². The SMILES string of the molecule is CC(C)C(=O)Nc1nc2c(ncn2[C@H]2C[C@H](N=[N+]=[N-])[C@@H](CC#C[Si](C)(C)C)O2)c(=O)[nH]1. The van der Waals surface area contributed by atoms with Crippen LogP contribution < -0.4 is 10.9 Å². The maximum absolute atomic E-state index is 12.4. The van der Waals surface area contributed by atoms with Crippen molar-refractivity contribution >= 4 is 31.1 Å². The van der Waals surface area contributed by atoms with Crippen molar-refractivity contribution in [3.63, 3.8) is 0 Å². The normalized spacial score (nSPS) is 20.9. The Kier molecular flexibility index (Phi) is 6.50. The summed E-state index contributed by atoms with van der Waals surface area (Å²) in [6.07, 6.45) is 1.42. The predicted octanol–water partition coefficient (Wildman–Crippen LogP) is 2.95. The van der Waals surface area contributed by atoms with Gasteiger partial charge in [-0.1, -0.05) is 38.6 Å². The minimum absolute atomic E-state index is 0.0418. The number of anilines is 1. The van der Waals surface area contributed by atoms with Crippen LogP contribution in [-0.4, -0.2) is 45.6 Å². The van der Waals surface area contributed by atoms with E-state index in [-0.39, 0.29) is 35.0 Å². The molecule has 12 heteroatoms. The average Bonchev–Trinajstić information content (AvgIpc) is 3.25. The van der Waals surface area contributed by atoms with Gasteiger partial charge in [0.2, 0.25) is 11.9 Å². The lowest BCUT2D eigenvalue weighted by Crippen LogP contribution is -2.22. The highest BCUT2D eigenvalue weighted by atomic mass is 28.3. The molecule has 1 saturated heterocycles. The van der Waals surface area contributed by atoms with Crippen LogP contribution in [0.3, 0.4) is 0 Å². The topological polar surface area (TPSA) is 151 Å². The zero-order chi connectivity index (χ0) is 22.8. The van der Waals surface area contributed by atoms with E-state index in [0.29, 0.717) is 12.8 Å². The van der Waals surface area contributed by atoms with E-state index in [0.717, 1.165) is 0 Å². The molecule has 3 atom stereocenters. The number of aromatic amines is 1. The first-order valence-electron chi connectivity index (χ1n) is 10.1. The van der Waals surface area contributed by atoms with E-state index >= 15 is 0 Å². The van der Waals surface area contributed by atoms with E-state index in [9.17, 15) is 9.59 Å². The molecule has 0 bridgehead atoms. The molecule has 0 aliphatic carbocycles. The molecule has 0 radical (unpaired) electrons. The number of fused-ring (bicyclic) bond motifs is 1. The second kappa shape index (κ2) is 8.93. The number of nitrogens with zero attached hydrogens (tertiary/aromatic N) is 6.